The second-order valence-corrected chi connectivity index (χ2v) is 7.42. The molecule has 2 N–H and O–H groups in total. The third-order valence-electron chi connectivity index (χ3n) is 4.40. The Morgan fingerprint density at radius 1 is 1.14 bits per heavy atom. The van der Waals surface area contributed by atoms with Crippen LogP contribution in [0.1, 0.15) is 22.3 Å². The number of fused-ring (bicyclic) bond motifs is 1. The van der Waals surface area contributed by atoms with Gasteiger partial charge in [0.25, 0.3) is 5.91 Å². The highest BCUT2D eigenvalue weighted by Crippen LogP contribution is 2.23. The molecular formula is C21H21N5OS. The van der Waals surface area contributed by atoms with Crippen LogP contribution in [0.3, 0.4) is 0 Å². The quantitative estimate of drug-likeness (QED) is 0.353. The third-order valence-corrected chi connectivity index (χ3v) is 5.34. The van der Waals surface area contributed by atoms with Gasteiger partial charge < -0.3 is 14.9 Å². The maximum atomic E-state index is 12.2. The lowest BCUT2D eigenvalue weighted by Crippen LogP contribution is -2.25. The van der Waals surface area contributed by atoms with Crippen molar-refractivity contribution in [2.75, 3.05) is 6.54 Å². The van der Waals surface area contributed by atoms with Gasteiger partial charge >= 0.3 is 0 Å². The largest absolute Gasteiger partial charge is 0.352 e. The minimum absolute atomic E-state index is 0.0397. The molecule has 0 saturated carbocycles. The summed E-state index contributed by atoms with van der Waals surface area (Å²) in [7, 11) is 0. The fraction of sp³-hybridized carbons (Fsp3) is 0.190. The van der Waals surface area contributed by atoms with Crippen LogP contribution in [0, 0.1) is 0 Å². The Labute approximate surface area is 167 Å². The number of nitrogens with one attached hydrogen (secondary N) is 2. The lowest BCUT2D eigenvalue weighted by atomic mass is 10.1. The van der Waals surface area contributed by atoms with Crippen molar-refractivity contribution >= 4 is 28.7 Å². The van der Waals surface area contributed by atoms with Crippen molar-refractivity contribution in [3.63, 3.8) is 0 Å². The van der Waals surface area contributed by atoms with Crippen molar-refractivity contribution in [2.24, 2.45) is 0 Å². The molecule has 0 aliphatic carbocycles. The number of H-pyrrole nitrogens is 1. The Balaban J connectivity index is 1.25. The summed E-state index contributed by atoms with van der Waals surface area (Å²) in [6.07, 6.45) is 6.33. The zero-order valence-corrected chi connectivity index (χ0v) is 16.2. The zero-order chi connectivity index (χ0) is 19.2. The summed E-state index contributed by atoms with van der Waals surface area (Å²) < 4.78 is 2.00. The predicted molar refractivity (Wildman–Crippen MR) is 111 cm³/mol. The highest BCUT2D eigenvalue weighted by molar-refractivity contribution is 7.98. The number of aromatic amines is 1. The van der Waals surface area contributed by atoms with Gasteiger partial charge in [0.15, 0.2) is 5.16 Å². The maximum absolute atomic E-state index is 12.2. The monoisotopic (exact) mass is 391 g/mol. The molecule has 0 fully saturated rings. The lowest BCUT2D eigenvalue weighted by molar-refractivity contribution is 0.0952. The molecule has 2 aromatic heterocycles. The normalized spacial score (nSPS) is 11.0. The van der Waals surface area contributed by atoms with E-state index in [1.165, 1.54) is 0 Å². The molecule has 0 spiro atoms. The number of hydrogen-bond acceptors (Lipinski definition) is 4. The SMILES string of the molecule is O=C(NCCCn1ccnc1)c1ccc(CSc2nc3ccccc3[nH]2)cc1. The predicted octanol–water partition coefficient (Wildman–Crippen LogP) is 3.87. The average Bonchev–Trinajstić information content (AvgIpc) is 3.39. The van der Waals surface area contributed by atoms with Gasteiger partial charge in [-0.05, 0) is 36.2 Å². The van der Waals surface area contributed by atoms with E-state index < -0.39 is 0 Å². The number of para-hydroxylation sites is 2. The molecule has 1 amide bonds. The first-order valence-electron chi connectivity index (χ1n) is 9.18. The van der Waals surface area contributed by atoms with E-state index in [9.17, 15) is 4.79 Å². The third kappa shape index (κ3) is 4.61. The average molecular weight is 392 g/mol. The first kappa shape index (κ1) is 18.3. The van der Waals surface area contributed by atoms with E-state index in [1.54, 1.807) is 24.3 Å². The highest BCUT2D eigenvalue weighted by Gasteiger charge is 2.06. The van der Waals surface area contributed by atoms with E-state index in [1.807, 2.05) is 59.3 Å². The summed E-state index contributed by atoms with van der Waals surface area (Å²) in [5.74, 6) is 0.759. The Morgan fingerprint density at radius 2 is 2.00 bits per heavy atom. The highest BCUT2D eigenvalue weighted by atomic mass is 32.2. The van der Waals surface area contributed by atoms with Crippen molar-refractivity contribution in [1.82, 2.24) is 24.8 Å². The van der Waals surface area contributed by atoms with Crippen LogP contribution >= 0.6 is 11.8 Å². The molecule has 0 saturated heterocycles. The molecule has 0 unspecified atom stereocenters. The second-order valence-electron chi connectivity index (χ2n) is 6.45. The van der Waals surface area contributed by atoms with Crippen LogP contribution in [0.2, 0.25) is 0 Å². The Hall–Kier alpha value is -3.06. The molecule has 2 heterocycles. The van der Waals surface area contributed by atoms with E-state index in [0.29, 0.717) is 12.1 Å². The molecule has 0 aliphatic heterocycles. The summed E-state index contributed by atoms with van der Waals surface area (Å²) in [5, 5.41) is 3.86. The molecule has 0 radical (unpaired) electrons. The molecule has 4 aromatic rings. The fourth-order valence-electron chi connectivity index (χ4n) is 2.89. The second kappa shape index (κ2) is 8.75. The van der Waals surface area contributed by atoms with Gasteiger partial charge in [-0.25, -0.2) is 9.97 Å². The molecule has 0 atom stereocenters. The van der Waals surface area contributed by atoms with E-state index in [4.69, 9.17) is 0 Å². The molecule has 2 aromatic carbocycles. The number of aryl methyl sites for hydroxylation is 1. The van der Waals surface area contributed by atoms with Crippen LogP contribution < -0.4 is 5.32 Å². The van der Waals surface area contributed by atoms with Crippen molar-refractivity contribution in [1.29, 1.82) is 0 Å². The van der Waals surface area contributed by atoms with E-state index in [-0.39, 0.29) is 5.91 Å². The number of thioether (sulfide) groups is 1. The molecular weight excluding hydrogens is 370 g/mol. The number of carbonyl (C=O) groups excluding carboxylic acids is 1. The van der Waals surface area contributed by atoms with Crippen molar-refractivity contribution in [3.05, 3.63) is 78.4 Å². The summed E-state index contributed by atoms with van der Waals surface area (Å²) in [5.41, 5.74) is 3.86. The first-order valence-corrected chi connectivity index (χ1v) is 10.2. The first-order chi connectivity index (χ1) is 13.8. The van der Waals surface area contributed by atoms with E-state index >= 15 is 0 Å². The topological polar surface area (TPSA) is 75.6 Å². The Bertz CT molecular complexity index is 1010. The van der Waals surface area contributed by atoms with E-state index in [0.717, 1.165) is 40.5 Å². The van der Waals surface area contributed by atoms with Crippen LogP contribution in [-0.4, -0.2) is 32.0 Å². The number of rotatable bonds is 8. The van der Waals surface area contributed by atoms with Crippen LogP contribution in [0.25, 0.3) is 11.0 Å². The van der Waals surface area contributed by atoms with Gasteiger partial charge in [0.2, 0.25) is 0 Å². The molecule has 28 heavy (non-hydrogen) atoms. The zero-order valence-electron chi connectivity index (χ0n) is 15.3. The van der Waals surface area contributed by atoms with Gasteiger partial charge in [-0.3, -0.25) is 4.79 Å². The van der Waals surface area contributed by atoms with Gasteiger partial charge in [0, 0.05) is 36.8 Å². The fourth-order valence-corrected chi connectivity index (χ4v) is 3.73. The minimum atomic E-state index is -0.0397. The van der Waals surface area contributed by atoms with E-state index in [2.05, 4.69) is 20.3 Å². The van der Waals surface area contributed by atoms with Gasteiger partial charge in [0.1, 0.15) is 0 Å². The number of aromatic nitrogens is 4. The van der Waals surface area contributed by atoms with Gasteiger partial charge in [-0.1, -0.05) is 36.0 Å². The molecule has 6 nitrogen and oxygen atoms in total. The van der Waals surface area contributed by atoms with Crippen molar-refractivity contribution in [3.8, 4) is 0 Å². The number of imidazole rings is 2. The Kier molecular flexibility index (Phi) is 5.72. The van der Waals surface area contributed by atoms with Gasteiger partial charge in [0.05, 0.1) is 17.4 Å². The number of nitrogens with zero attached hydrogens (tertiary/aromatic N) is 3. The molecule has 4 rings (SSSR count). The summed E-state index contributed by atoms with van der Waals surface area (Å²) in [6.45, 7) is 1.49. The summed E-state index contributed by atoms with van der Waals surface area (Å²) in [4.78, 5) is 24.1. The van der Waals surface area contributed by atoms with Crippen molar-refractivity contribution < 1.29 is 4.79 Å². The Morgan fingerprint density at radius 3 is 2.79 bits per heavy atom. The van der Waals surface area contributed by atoms with Crippen LogP contribution in [0.5, 0.6) is 0 Å². The number of hydrogen-bond donors (Lipinski definition) is 2. The number of benzene rings is 2. The van der Waals surface area contributed by atoms with Gasteiger partial charge in [-0.15, -0.1) is 0 Å². The molecule has 142 valence electrons. The molecule has 7 heteroatoms. The standard InChI is InChI=1S/C21H21N5OS/c27-20(23-10-3-12-26-13-11-22-15-26)17-8-6-16(7-9-17)14-28-21-24-18-4-1-2-5-19(18)25-21/h1-2,4-9,11,13,15H,3,10,12,14H2,(H,23,27)(H,24,25). The van der Waals surface area contributed by atoms with Gasteiger partial charge in [-0.2, -0.15) is 0 Å². The summed E-state index contributed by atoms with van der Waals surface area (Å²) >= 11 is 1.65. The van der Waals surface area contributed by atoms with Crippen molar-refractivity contribution in [2.45, 2.75) is 23.9 Å². The van der Waals surface area contributed by atoms with Crippen LogP contribution in [0.15, 0.2) is 72.4 Å². The minimum Gasteiger partial charge on any atom is -0.352 e. The smallest absolute Gasteiger partial charge is 0.251 e. The van der Waals surface area contributed by atoms with Crippen LogP contribution in [0.4, 0.5) is 0 Å². The maximum Gasteiger partial charge on any atom is 0.251 e. The lowest BCUT2D eigenvalue weighted by Gasteiger charge is -2.07. The number of amides is 1. The number of carbonyl (C=O) groups is 1. The molecule has 0 bridgehead atoms. The molecule has 0 aliphatic rings. The van der Waals surface area contributed by atoms with Crippen LogP contribution in [-0.2, 0) is 12.3 Å². The summed E-state index contributed by atoms with van der Waals surface area (Å²) in [6, 6.07) is 15.7.